The third kappa shape index (κ3) is 3.02. The zero-order valence-electron chi connectivity index (χ0n) is 11.9. The van der Waals surface area contributed by atoms with E-state index in [0.717, 1.165) is 11.3 Å². The normalized spacial score (nSPS) is 15.6. The number of hydrogen-bond acceptors (Lipinski definition) is 4. The third-order valence-corrected chi connectivity index (χ3v) is 4.98. The van der Waals surface area contributed by atoms with Gasteiger partial charge in [0, 0.05) is 31.1 Å². The van der Waals surface area contributed by atoms with Crippen LogP contribution < -0.4 is 0 Å². The van der Waals surface area contributed by atoms with Gasteiger partial charge in [-0.05, 0) is 25.0 Å². The van der Waals surface area contributed by atoms with Gasteiger partial charge in [-0.1, -0.05) is 6.92 Å². The molecule has 0 unspecified atom stereocenters. The van der Waals surface area contributed by atoms with Gasteiger partial charge in [0.25, 0.3) is 5.91 Å². The number of aliphatic hydroxyl groups is 1. The number of piperazine rings is 1. The van der Waals surface area contributed by atoms with E-state index in [1.807, 2.05) is 13.0 Å². The van der Waals surface area contributed by atoms with Gasteiger partial charge in [-0.15, -0.1) is 11.3 Å². The molecule has 0 aromatic carbocycles. The molecule has 1 aliphatic heterocycles. The van der Waals surface area contributed by atoms with E-state index in [2.05, 4.69) is 6.92 Å². The lowest BCUT2D eigenvalue weighted by Gasteiger charge is -2.34. The molecule has 5 nitrogen and oxygen atoms in total. The van der Waals surface area contributed by atoms with Crippen molar-refractivity contribution < 1.29 is 14.7 Å². The molecule has 1 aliphatic rings. The van der Waals surface area contributed by atoms with Crippen LogP contribution in [0.25, 0.3) is 0 Å². The van der Waals surface area contributed by atoms with Gasteiger partial charge in [-0.2, -0.15) is 0 Å². The van der Waals surface area contributed by atoms with Crippen LogP contribution in [0.4, 0.5) is 0 Å². The summed E-state index contributed by atoms with van der Waals surface area (Å²) in [4.78, 5) is 29.2. The monoisotopic (exact) mass is 296 g/mol. The van der Waals surface area contributed by atoms with E-state index < -0.39 is 6.61 Å². The maximum atomic E-state index is 12.4. The molecule has 20 heavy (non-hydrogen) atoms. The van der Waals surface area contributed by atoms with Gasteiger partial charge in [0.2, 0.25) is 5.91 Å². The van der Waals surface area contributed by atoms with Gasteiger partial charge in [-0.25, -0.2) is 0 Å². The topological polar surface area (TPSA) is 60.9 Å². The maximum Gasteiger partial charge on any atom is 0.264 e. The highest BCUT2D eigenvalue weighted by Gasteiger charge is 2.25. The molecular formula is C14H20N2O3S. The molecule has 1 N–H and O–H groups in total. The van der Waals surface area contributed by atoms with E-state index in [1.165, 1.54) is 10.4 Å². The Kier molecular flexibility index (Phi) is 4.77. The van der Waals surface area contributed by atoms with Crippen LogP contribution in [0.15, 0.2) is 6.07 Å². The number of aryl methyl sites for hydroxylation is 2. The van der Waals surface area contributed by atoms with Crippen LogP contribution in [0.1, 0.15) is 27.0 Å². The number of hydrogen-bond donors (Lipinski definition) is 1. The lowest BCUT2D eigenvalue weighted by atomic mass is 10.2. The Morgan fingerprint density at radius 1 is 1.25 bits per heavy atom. The molecule has 1 aromatic heterocycles. The zero-order chi connectivity index (χ0) is 14.7. The molecule has 0 aliphatic carbocycles. The number of carbonyl (C=O) groups excluding carboxylic acids is 2. The summed E-state index contributed by atoms with van der Waals surface area (Å²) in [6.45, 7) is 5.71. The number of aliphatic hydroxyl groups excluding tert-OH is 1. The van der Waals surface area contributed by atoms with Crippen molar-refractivity contribution in [1.82, 2.24) is 9.80 Å². The summed E-state index contributed by atoms with van der Waals surface area (Å²) in [5.74, 6) is -0.216. The molecule has 1 saturated heterocycles. The summed E-state index contributed by atoms with van der Waals surface area (Å²) in [5, 5.41) is 8.83. The van der Waals surface area contributed by atoms with Crippen LogP contribution in [0, 0.1) is 6.92 Å². The molecule has 2 heterocycles. The van der Waals surface area contributed by atoms with E-state index in [9.17, 15) is 9.59 Å². The van der Waals surface area contributed by atoms with E-state index in [1.54, 1.807) is 21.1 Å². The number of rotatable bonds is 3. The Labute approximate surface area is 122 Å². The van der Waals surface area contributed by atoms with Crippen LogP contribution >= 0.6 is 11.3 Å². The number of amides is 2. The fourth-order valence-electron chi connectivity index (χ4n) is 2.39. The van der Waals surface area contributed by atoms with Crippen LogP contribution in [-0.4, -0.2) is 59.5 Å². The summed E-state index contributed by atoms with van der Waals surface area (Å²) in [6.07, 6.45) is 0.947. The van der Waals surface area contributed by atoms with Crippen LogP contribution in [0.3, 0.4) is 0 Å². The lowest BCUT2D eigenvalue weighted by Crippen LogP contribution is -2.51. The van der Waals surface area contributed by atoms with E-state index in [4.69, 9.17) is 5.11 Å². The smallest absolute Gasteiger partial charge is 0.264 e. The number of thiophene rings is 1. The van der Waals surface area contributed by atoms with Gasteiger partial charge in [-0.3, -0.25) is 9.59 Å². The molecule has 0 saturated carbocycles. The maximum absolute atomic E-state index is 12.4. The molecule has 6 heteroatoms. The molecule has 1 fully saturated rings. The summed E-state index contributed by atoms with van der Waals surface area (Å²) < 4.78 is 0. The van der Waals surface area contributed by atoms with E-state index in [0.29, 0.717) is 26.2 Å². The fraction of sp³-hybridized carbons (Fsp3) is 0.571. The van der Waals surface area contributed by atoms with Gasteiger partial charge < -0.3 is 14.9 Å². The Morgan fingerprint density at radius 3 is 2.35 bits per heavy atom. The highest BCUT2D eigenvalue weighted by molar-refractivity contribution is 7.14. The van der Waals surface area contributed by atoms with Gasteiger partial charge in [0.15, 0.2) is 0 Å². The lowest BCUT2D eigenvalue weighted by molar-refractivity contribution is -0.135. The molecular weight excluding hydrogens is 276 g/mol. The zero-order valence-corrected chi connectivity index (χ0v) is 12.7. The second kappa shape index (κ2) is 6.37. The minimum atomic E-state index is -0.460. The molecule has 0 spiro atoms. The number of carbonyl (C=O) groups is 2. The van der Waals surface area contributed by atoms with Crippen LogP contribution in [-0.2, 0) is 11.2 Å². The van der Waals surface area contributed by atoms with Gasteiger partial charge in [0.1, 0.15) is 6.61 Å². The number of nitrogens with zero attached hydrogens (tertiary/aromatic N) is 2. The third-order valence-electron chi connectivity index (χ3n) is 3.61. The Hall–Kier alpha value is -1.40. The first-order valence-electron chi connectivity index (χ1n) is 6.84. The predicted molar refractivity (Wildman–Crippen MR) is 78.0 cm³/mol. The van der Waals surface area contributed by atoms with Crippen molar-refractivity contribution in [3.8, 4) is 0 Å². The summed E-state index contributed by atoms with van der Waals surface area (Å²) in [7, 11) is 0. The van der Waals surface area contributed by atoms with Crippen molar-refractivity contribution in [3.05, 3.63) is 21.4 Å². The van der Waals surface area contributed by atoms with Crippen molar-refractivity contribution in [2.45, 2.75) is 20.3 Å². The van der Waals surface area contributed by atoms with Crippen molar-refractivity contribution in [3.63, 3.8) is 0 Å². The average Bonchev–Trinajstić information content (AvgIpc) is 2.87. The van der Waals surface area contributed by atoms with Crippen LogP contribution in [0.2, 0.25) is 0 Å². The second-order valence-corrected chi connectivity index (χ2v) is 6.04. The van der Waals surface area contributed by atoms with Crippen LogP contribution in [0.5, 0.6) is 0 Å². The van der Waals surface area contributed by atoms with E-state index >= 15 is 0 Å². The summed E-state index contributed by atoms with van der Waals surface area (Å²) in [6, 6.07) is 1.96. The second-order valence-electron chi connectivity index (χ2n) is 4.90. The molecule has 2 amide bonds. The first-order valence-corrected chi connectivity index (χ1v) is 7.65. The highest BCUT2D eigenvalue weighted by Crippen LogP contribution is 2.24. The van der Waals surface area contributed by atoms with Crippen molar-refractivity contribution >= 4 is 23.2 Å². The predicted octanol–water partition coefficient (Wildman–Crippen LogP) is 0.896. The molecule has 2 rings (SSSR count). The standard InChI is InChI=1S/C14H20N2O3S/c1-3-11-10(2)8-12(20-11)14(19)16-6-4-15(5-7-16)13(18)9-17/h8,17H,3-7,9H2,1-2H3. The Bertz CT molecular complexity index is 505. The fourth-order valence-corrected chi connectivity index (χ4v) is 3.47. The molecule has 0 radical (unpaired) electrons. The van der Waals surface area contributed by atoms with E-state index in [-0.39, 0.29) is 11.8 Å². The first kappa shape index (κ1) is 15.0. The van der Waals surface area contributed by atoms with Gasteiger partial charge in [0.05, 0.1) is 4.88 Å². The molecule has 0 bridgehead atoms. The SMILES string of the molecule is CCc1sc(C(=O)N2CCN(C(=O)CO)CC2)cc1C. The quantitative estimate of drug-likeness (QED) is 0.901. The molecule has 0 atom stereocenters. The summed E-state index contributed by atoms with van der Waals surface area (Å²) >= 11 is 1.56. The van der Waals surface area contributed by atoms with Crippen molar-refractivity contribution in [2.24, 2.45) is 0 Å². The minimum Gasteiger partial charge on any atom is -0.387 e. The van der Waals surface area contributed by atoms with Crippen molar-refractivity contribution in [1.29, 1.82) is 0 Å². The first-order chi connectivity index (χ1) is 9.56. The molecule has 110 valence electrons. The van der Waals surface area contributed by atoms with Gasteiger partial charge >= 0.3 is 0 Å². The average molecular weight is 296 g/mol. The van der Waals surface area contributed by atoms with Crippen molar-refractivity contribution in [2.75, 3.05) is 32.8 Å². The Balaban J connectivity index is 1.99. The summed E-state index contributed by atoms with van der Waals surface area (Å²) in [5.41, 5.74) is 1.18. The molecule has 1 aromatic rings. The highest BCUT2D eigenvalue weighted by atomic mass is 32.1. The Morgan fingerprint density at radius 2 is 1.85 bits per heavy atom. The largest absolute Gasteiger partial charge is 0.387 e. The minimum absolute atomic E-state index is 0.0499.